The Kier molecular flexibility index (Phi) is 14.5. The van der Waals surface area contributed by atoms with E-state index in [9.17, 15) is 9.59 Å². The van der Waals surface area contributed by atoms with E-state index < -0.39 is 0 Å². The molecule has 3 rings (SSSR count). The Balaban J connectivity index is 0.000000354. The van der Waals surface area contributed by atoms with Crippen LogP contribution in [-0.2, 0) is 16.0 Å². The summed E-state index contributed by atoms with van der Waals surface area (Å²) in [6.07, 6.45) is 4.14. The van der Waals surface area contributed by atoms with Crippen molar-refractivity contribution in [1.29, 1.82) is 0 Å². The zero-order valence-electron chi connectivity index (χ0n) is 19.7. The second-order valence-electron chi connectivity index (χ2n) is 7.29. The summed E-state index contributed by atoms with van der Waals surface area (Å²) >= 11 is 16.5. The molecule has 0 bridgehead atoms. The molecular formula is C26H29Cl2N3O3S. The van der Waals surface area contributed by atoms with Crippen LogP contribution >= 0.6 is 35.4 Å². The zero-order chi connectivity index (χ0) is 26.2. The van der Waals surface area contributed by atoms with Crippen molar-refractivity contribution in [3.63, 3.8) is 0 Å². The van der Waals surface area contributed by atoms with E-state index in [4.69, 9.17) is 28.3 Å². The van der Waals surface area contributed by atoms with Gasteiger partial charge in [0, 0.05) is 18.5 Å². The number of nitrogens with one attached hydrogen (secondary N) is 2. The van der Waals surface area contributed by atoms with Crippen molar-refractivity contribution < 1.29 is 14.7 Å². The standard InChI is InChI=1S/C14H10Cl2N2OS.C11H15NO.CH4O/c15-12-3-1-9(5-13(12)16)14-4-2-10(18-14)6-11(7-19)17-8-20;1-12(2)11(9-13)8-10-6-4-3-5-7-10;1-2/h1-8,18H,(H,17,20);3-7,9,11H,8H2,1-2H3;2H,1H3/b11-6+;;. The number of aliphatic hydroxyl groups excluding tert-OH is 1. The number of benzene rings is 2. The molecule has 0 amide bonds. The number of aldehydes is 2. The third-order valence-corrected chi connectivity index (χ3v) is 5.57. The van der Waals surface area contributed by atoms with Crippen LogP contribution in [0.15, 0.2) is 66.4 Å². The number of carbonyl (C=O) groups excluding carboxylic acids is 2. The monoisotopic (exact) mass is 533 g/mol. The number of hydrogen-bond donors (Lipinski definition) is 3. The molecule has 1 unspecified atom stereocenters. The van der Waals surface area contributed by atoms with Crippen LogP contribution in [0, 0.1) is 0 Å². The zero-order valence-corrected chi connectivity index (χ0v) is 22.1. The molecule has 3 N–H and O–H groups in total. The molecule has 35 heavy (non-hydrogen) atoms. The first-order valence-electron chi connectivity index (χ1n) is 10.5. The van der Waals surface area contributed by atoms with Gasteiger partial charge in [0.15, 0.2) is 6.29 Å². The Morgan fingerprint density at radius 2 is 1.74 bits per heavy atom. The van der Waals surface area contributed by atoms with Crippen LogP contribution in [0.25, 0.3) is 17.3 Å². The van der Waals surface area contributed by atoms with Gasteiger partial charge in [-0.15, -0.1) is 0 Å². The number of hydrogen-bond acceptors (Lipinski definition) is 5. The lowest BCUT2D eigenvalue weighted by Crippen LogP contribution is -2.31. The molecule has 186 valence electrons. The van der Waals surface area contributed by atoms with Gasteiger partial charge in [0.25, 0.3) is 0 Å². The first-order chi connectivity index (χ1) is 16.9. The quantitative estimate of drug-likeness (QED) is 0.203. The van der Waals surface area contributed by atoms with Crippen molar-refractivity contribution in [2.24, 2.45) is 0 Å². The molecule has 0 aliphatic carbocycles. The molecule has 1 heterocycles. The number of likely N-dealkylation sites (N-methyl/N-ethyl adjacent to an activating group) is 1. The third-order valence-electron chi connectivity index (χ3n) is 4.71. The first kappa shape index (κ1) is 30.2. The van der Waals surface area contributed by atoms with Gasteiger partial charge in [-0.1, -0.05) is 71.8 Å². The van der Waals surface area contributed by atoms with E-state index in [0.29, 0.717) is 22.0 Å². The highest BCUT2D eigenvalue weighted by Crippen LogP contribution is 2.28. The third kappa shape index (κ3) is 10.5. The number of aromatic nitrogens is 1. The summed E-state index contributed by atoms with van der Waals surface area (Å²) in [6.45, 7) is 0. The lowest BCUT2D eigenvalue weighted by molar-refractivity contribution is -0.111. The van der Waals surface area contributed by atoms with Crippen molar-refractivity contribution in [2.45, 2.75) is 12.5 Å². The summed E-state index contributed by atoms with van der Waals surface area (Å²) < 4.78 is 0. The van der Waals surface area contributed by atoms with Gasteiger partial charge < -0.3 is 20.2 Å². The van der Waals surface area contributed by atoms with Gasteiger partial charge in [0.1, 0.15) is 6.29 Å². The predicted molar refractivity (Wildman–Crippen MR) is 149 cm³/mol. The molecule has 0 aliphatic rings. The van der Waals surface area contributed by atoms with Crippen molar-refractivity contribution in [3.8, 4) is 11.3 Å². The van der Waals surface area contributed by atoms with Crippen molar-refractivity contribution >= 4 is 59.6 Å². The van der Waals surface area contributed by atoms with E-state index in [-0.39, 0.29) is 6.04 Å². The molecule has 2 aromatic carbocycles. The minimum atomic E-state index is -0.0117. The molecule has 1 aromatic heterocycles. The van der Waals surface area contributed by atoms with Gasteiger partial charge in [0.05, 0.1) is 27.3 Å². The topological polar surface area (TPSA) is 85.4 Å². The molecule has 0 radical (unpaired) electrons. The number of rotatable bonds is 9. The Bertz CT molecular complexity index is 1100. The maximum absolute atomic E-state index is 10.8. The maximum atomic E-state index is 10.8. The van der Waals surface area contributed by atoms with Gasteiger partial charge in [-0.3, -0.25) is 9.69 Å². The molecule has 0 saturated carbocycles. The van der Waals surface area contributed by atoms with Gasteiger partial charge in [-0.2, -0.15) is 0 Å². The fourth-order valence-electron chi connectivity index (χ4n) is 2.88. The predicted octanol–water partition coefficient (Wildman–Crippen LogP) is 5.04. The summed E-state index contributed by atoms with van der Waals surface area (Å²) in [5.74, 6) is 0. The van der Waals surface area contributed by atoms with Crippen molar-refractivity contribution in [3.05, 3.63) is 87.7 Å². The van der Waals surface area contributed by atoms with E-state index in [0.717, 1.165) is 36.8 Å². The van der Waals surface area contributed by atoms with Gasteiger partial charge in [0.2, 0.25) is 0 Å². The molecular weight excluding hydrogens is 505 g/mol. The summed E-state index contributed by atoms with van der Waals surface area (Å²) in [5.41, 5.74) is 5.42. The molecule has 0 spiro atoms. The molecule has 1 atom stereocenters. The summed E-state index contributed by atoms with van der Waals surface area (Å²) in [4.78, 5) is 26.6. The average molecular weight is 535 g/mol. The van der Waals surface area contributed by atoms with Crippen molar-refractivity contribution in [1.82, 2.24) is 15.2 Å². The van der Waals surface area contributed by atoms with E-state index in [1.807, 2.05) is 67.5 Å². The number of aliphatic hydroxyl groups is 1. The van der Waals surface area contributed by atoms with Gasteiger partial charge >= 0.3 is 0 Å². The highest BCUT2D eigenvalue weighted by atomic mass is 35.5. The second kappa shape index (κ2) is 16.8. The highest BCUT2D eigenvalue weighted by molar-refractivity contribution is 7.78. The smallest absolute Gasteiger partial charge is 0.166 e. The van der Waals surface area contributed by atoms with Crippen molar-refractivity contribution in [2.75, 3.05) is 21.2 Å². The SMILES string of the molecule is CN(C)C(C=O)Cc1ccccc1.CO.O=C/C(=C\c1ccc(-c2ccc(Cl)c(Cl)c2)[nH]1)NC=S. The number of H-pyrrole nitrogens is 1. The lowest BCUT2D eigenvalue weighted by atomic mass is 10.1. The molecule has 9 heteroatoms. The Morgan fingerprint density at radius 3 is 2.29 bits per heavy atom. The number of nitrogens with zero attached hydrogens (tertiary/aromatic N) is 1. The van der Waals surface area contributed by atoms with Crippen LogP contribution in [0.1, 0.15) is 11.3 Å². The van der Waals surface area contributed by atoms with Crippen LogP contribution in [0.5, 0.6) is 0 Å². The van der Waals surface area contributed by atoms with Crippen LogP contribution in [0.4, 0.5) is 0 Å². The maximum Gasteiger partial charge on any atom is 0.166 e. The van der Waals surface area contributed by atoms with Gasteiger partial charge in [-0.25, -0.2) is 0 Å². The lowest BCUT2D eigenvalue weighted by Gasteiger charge is -2.17. The highest BCUT2D eigenvalue weighted by Gasteiger charge is 2.09. The number of allylic oxidation sites excluding steroid dienone is 1. The van der Waals surface area contributed by atoms with E-state index >= 15 is 0 Å². The molecule has 0 aliphatic heterocycles. The summed E-state index contributed by atoms with van der Waals surface area (Å²) in [6, 6.07) is 19.2. The Hall–Kier alpha value is -2.81. The minimum absolute atomic E-state index is 0.0117. The number of thiocarbonyl (C=S) groups is 1. The van der Waals surface area contributed by atoms with Gasteiger partial charge in [-0.05, 0) is 62.0 Å². The Morgan fingerprint density at radius 1 is 1.06 bits per heavy atom. The largest absolute Gasteiger partial charge is 0.400 e. The molecule has 6 nitrogen and oxygen atoms in total. The molecule has 0 fully saturated rings. The van der Waals surface area contributed by atoms with Crippen LogP contribution in [0.3, 0.4) is 0 Å². The number of halogens is 2. The number of carbonyl (C=O) groups is 2. The second-order valence-corrected chi connectivity index (χ2v) is 8.34. The van der Waals surface area contributed by atoms with E-state index in [2.05, 4.69) is 22.5 Å². The average Bonchev–Trinajstić information content (AvgIpc) is 3.34. The fourth-order valence-corrected chi connectivity index (χ4v) is 3.32. The molecule has 0 saturated heterocycles. The van der Waals surface area contributed by atoms with E-state index in [1.54, 1.807) is 18.2 Å². The van der Waals surface area contributed by atoms with Crippen LogP contribution in [-0.4, -0.2) is 60.3 Å². The Labute approximate surface area is 221 Å². The molecule has 3 aromatic rings. The van der Waals surface area contributed by atoms with Crippen LogP contribution < -0.4 is 5.32 Å². The normalized spacial score (nSPS) is 11.3. The van der Waals surface area contributed by atoms with E-state index in [1.165, 1.54) is 11.1 Å². The van der Waals surface area contributed by atoms with Crippen LogP contribution in [0.2, 0.25) is 10.0 Å². The summed E-state index contributed by atoms with van der Waals surface area (Å²) in [7, 11) is 4.84. The first-order valence-corrected chi connectivity index (χ1v) is 11.7. The minimum Gasteiger partial charge on any atom is -0.400 e. The summed E-state index contributed by atoms with van der Waals surface area (Å²) in [5, 5.41) is 10.7. The number of aromatic amines is 1. The fraction of sp³-hybridized carbons (Fsp3) is 0.192.